The number of nitrogen functional groups attached to an aromatic ring is 1. The highest BCUT2D eigenvalue weighted by atomic mass is 19.4. The van der Waals surface area contributed by atoms with Crippen LogP contribution in [0.1, 0.15) is 38.7 Å². The molecule has 0 unspecified atom stereocenters. The van der Waals surface area contributed by atoms with E-state index < -0.39 is 17.6 Å². The zero-order valence-corrected chi connectivity index (χ0v) is 16.7. The number of nitrogens with two attached hydrogens (primary N) is 2. The topological polar surface area (TPSA) is 124 Å². The molecule has 5 N–H and O–H groups in total. The number of rotatable bonds is 6. The lowest BCUT2D eigenvalue weighted by Crippen LogP contribution is -2.12. The van der Waals surface area contributed by atoms with Gasteiger partial charge < -0.3 is 16.8 Å². The first kappa shape index (κ1) is 23.1. The van der Waals surface area contributed by atoms with E-state index in [1.807, 2.05) is 13.8 Å². The number of carbonyl (C=O) groups is 1. The van der Waals surface area contributed by atoms with Crippen LogP contribution >= 0.6 is 0 Å². The van der Waals surface area contributed by atoms with Crippen molar-refractivity contribution < 1.29 is 18.0 Å². The van der Waals surface area contributed by atoms with Crippen molar-refractivity contribution in [3.63, 3.8) is 0 Å². The van der Waals surface area contributed by atoms with Crippen LogP contribution in [0.25, 0.3) is 16.9 Å². The molecule has 162 valence electrons. The van der Waals surface area contributed by atoms with E-state index >= 15 is 0 Å². The largest absolute Gasteiger partial charge is 0.419 e. The summed E-state index contributed by atoms with van der Waals surface area (Å²) in [5, 5.41) is 6.90. The predicted octanol–water partition coefficient (Wildman–Crippen LogP) is 3.49. The van der Waals surface area contributed by atoms with E-state index in [1.54, 1.807) is 6.07 Å². The first-order valence-corrected chi connectivity index (χ1v) is 9.47. The first-order chi connectivity index (χ1) is 14.3. The molecule has 0 bridgehead atoms. The van der Waals surface area contributed by atoms with Gasteiger partial charge in [0, 0.05) is 18.2 Å². The molecule has 0 aliphatic carbocycles. The number of hydrogen-bond acceptors (Lipinski definition) is 6. The Morgan fingerprint density at radius 3 is 2.63 bits per heavy atom. The van der Waals surface area contributed by atoms with Crippen LogP contribution in [-0.4, -0.2) is 32.0 Å². The molecule has 0 saturated carbocycles. The van der Waals surface area contributed by atoms with Gasteiger partial charge in [-0.15, -0.1) is 0 Å². The quantitative estimate of drug-likeness (QED) is 0.522. The van der Waals surface area contributed by atoms with Gasteiger partial charge in [0.15, 0.2) is 11.5 Å². The standard InChI is InChI=1S/C17H18F3N7O.C2H6/c18-17(19,20)11-7-10(8-23-16(11)22)12-4-5-14-24-13(9-27(14)26-12)25-15(28)3-1-2-6-21;1-2/h4-5,7-9H,1-3,6,21H2,(H2,22,23)(H,25,28);1-2H3. The minimum Gasteiger partial charge on any atom is -0.383 e. The summed E-state index contributed by atoms with van der Waals surface area (Å²) in [4.78, 5) is 19.7. The average Bonchev–Trinajstić information content (AvgIpc) is 3.10. The second kappa shape index (κ2) is 10.0. The van der Waals surface area contributed by atoms with Crippen LogP contribution in [0.15, 0.2) is 30.6 Å². The van der Waals surface area contributed by atoms with E-state index in [2.05, 4.69) is 20.4 Å². The van der Waals surface area contributed by atoms with Crippen molar-refractivity contribution in [3.05, 3.63) is 36.2 Å². The third kappa shape index (κ3) is 5.66. The van der Waals surface area contributed by atoms with Gasteiger partial charge in [0.2, 0.25) is 5.91 Å². The summed E-state index contributed by atoms with van der Waals surface area (Å²) in [5.74, 6) is -0.497. The van der Waals surface area contributed by atoms with Crippen molar-refractivity contribution in [2.75, 3.05) is 17.6 Å². The van der Waals surface area contributed by atoms with Crippen LogP contribution in [0.4, 0.5) is 24.8 Å². The lowest BCUT2D eigenvalue weighted by molar-refractivity contribution is -0.137. The molecule has 11 heteroatoms. The molecule has 3 aromatic rings. The number of carbonyl (C=O) groups excluding carboxylic acids is 1. The molecule has 0 radical (unpaired) electrons. The van der Waals surface area contributed by atoms with Gasteiger partial charge in [-0.05, 0) is 37.6 Å². The van der Waals surface area contributed by atoms with Crippen molar-refractivity contribution >= 4 is 23.2 Å². The number of anilines is 2. The fourth-order valence-electron chi connectivity index (χ4n) is 2.57. The van der Waals surface area contributed by atoms with E-state index in [1.165, 1.54) is 23.0 Å². The van der Waals surface area contributed by atoms with Crippen molar-refractivity contribution in [2.24, 2.45) is 5.73 Å². The van der Waals surface area contributed by atoms with Gasteiger partial charge in [0.25, 0.3) is 0 Å². The molecular formula is C19H24F3N7O. The smallest absolute Gasteiger partial charge is 0.383 e. The lowest BCUT2D eigenvalue weighted by Gasteiger charge is -2.10. The lowest BCUT2D eigenvalue weighted by atomic mass is 10.1. The maximum absolute atomic E-state index is 13.0. The summed E-state index contributed by atoms with van der Waals surface area (Å²) in [5.41, 5.74) is 10.5. The van der Waals surface area contributed by atoms with E-state index in [4.69, 9.17) is 11.5 Å². The molecule has 1 amide bonds. The highest BCUT2D eigenvalue weighted by Crippen LogP contribution is 2.34. The van der Waals surface area contributed by atoms with Gasteiger partial charge in [0.05, 0.1) is 17.5 Å². The number of nitrogens with one attached hydrogen (secondary N) is 1. The second-order valence-corrected chi connectivity index (χ2v) is 6.10. The molecule has 0 aliphatic heterocycles. The van der Waals surface area contributed by atoms with Crippen LogP contribution in [0.2, 0.25) is 0 Å². The molecule has 0 aliphatic rings. The normalized spacial score (nSPS) is 11.1. The van der Waals surface area contributed by atoms with Gasteiger partial charge in [-0.1, -0.05) is 13.8 Å². The molecule has 0 fully saturated rings. The zero-order valence-electron chi connectivity index (χ0n) is 16.7. The summed E-state index contributed by atoms with van der Waals surface area (Å²) >= 11 is 0. The van der Waals surface area contributed by atoms with Crippen molar-refractivity contribution in [3.8, 4) is 11.3 Å². The number of pyridine rings is 1. The minimum atomic E-state index is -4.62. The molecule has 3 aromatic heterocycles. The van der Waals surface area contributed by atoms with Crippen LogP contribution in [0.5, 0.6) is 0 Å². The SMILES string of the molecule is CC.NCCCCC(=O)Nc1cn2nc(-c3cnc(N)c(C(F)(F)F)c3)ccc2n1. The molecule has 30 heavy (non-hydrogen) atoms. The molecular weight excluding hydrogens is 399 g/mol. The Labute approximate surface area is 171 Å². The van der Waals surface area contributed by atoms with Crippen molar-refractivity contribution in [1.82, 2.24) is 19.6 Å². The van der Waals surface area contributed by atoms with E-state index in [0.717, 1.165) is 12.5 Å². The van der Waals surface area contributed by atoms with E-state index in [9.17, 15) is 18.0 Å². The van der Waals surface area contributed by atoms with Crippen LogP contribution in [0, 0.1) is 0 Å². The number of nitrogens with zero attached hydrogens (tertiary/aromatic N) is 4. The Hall–Kier alpha value is -3.21. The average molecular weight is 423 g/mol. The molecule has 0 atom stereocenters. The number of fused-ring (bicyclic) bond motifs is 1. The zero-order chi connectivity index (χ0) is 22.3. The Morgan fingerprint density at radius 1 is 1.23 bits per heavy atom. The van der Waals surface area contributed by atoms with E-state index in [-0.39, 0.29) is 17.2 Å². The summed E-state index contributed by atoms with van der Waals surface area (Å²) in [6.07, 6.45) is -0.178. The molecule has 3 rings (SSSR count). The summed E-state index contributed by atoms with van der Waals surface area (Å²) in [6, 6.07) is 3.99. The number of unbranched alkanes of at least 4 members (excludes halogenated alkanes) is 1. The van der Waals surface area contributed by atoms with Crippen molar-refractivity contribution in [2.45, 2.75) is 39.3 Å². The third-order valence-corrected chi connectivity index (χ3v) is 3.97. The second-order valence-electron chi connectivity index (χ2n) is 6.10. The number of imidazole rings is 1. The Bertz CT molecular complexity index is 1000. The van der Waals surface area contributed by atoms with Crippen LogP contribution in [-0.2, 0) is 11.0 Å². The van der Waals surface area contributed by atoms with Gasteiger partial charge in [0.1, 0.15) is 5.82 Å². The number of hydrogen-bond donors (Lipinski definition) is 3. The maximum Gasteiger partial charge on any atom is 0.419 e. The van der Waals surface area contributed by atoms with Crippen LogP contribution < -0.4 is 16.8 Å². The fraction of sp³-hybridized carbons (Fsp3) is 0.368. The Balaban J connectivity index is 0.00000155. The van der Waals surface area contributed by atoms with Gasteiger partial charge >= 0.3 is 6.18 Å². The van der Waals surface area contributed by atoms with Gasteiger partial charge in [-0.3, -0.25) is 4.79 Å². The number of alkyl halides is 3. The summed E-state index contributed by atoms with van der Waals surface area (Å²) in [6.45, 7) is 4.52. The summed E-state index contributed by atoms with van der Waals surface area (Å²) < 4.78 is 40.5. The third-order valence-electron chi connectivity index (χ3n) is 3.97. The maximum atomic E-state index is 13.0. The van der Waals surface area contributed by atoms with E-state index in [0.29, 0.717) is 30.9 Å². The van der Waals surface area contributed by atoms with Gasteiger partial charge in [-0.25, -0.2) is 14.5 Å². The monoisotopic (exact) mass is 423 g/mol. The first-order valence-electron chi connectivity index (χ1n) is 9.47. The summed E-state index contributed by atoms with van der Waals surface area (Å²) in [7, 11) is 0. The number of aromatic nitrogens is 4. The molecule has 0 spiro atoms. The number of amides is 1. The molecule has 8 nitrogen and oxygen atoms in total. The Kier molecular flexibility index (Phi) is 7.70. The molecule has 3 heterocycles. The highest BCUT2D eigenvalue weighted by Gasteiger charge is 2.34. The molecule has 0 saturated heterocycles. The Morgan fingerprint density at radius 2 is 1.97 bits per heavy atom. The van der Waals surface area contributed by atoms with Gasteiger partial charge in [-0.2, -0.15) is 18.3 Å². The number of halogens is 3. The van der Waals surface area contributed by atoms with Crippen LogP contribution in [0.3, 0.4) is 0 Å². The fourth-order valence-corrected chi connectivity index (χ4v) is 2.57. The highest BCUT2D eigenvalue weighted by molar-refractivity contribution is 5.90. The van der Waals surface area contributed by atoms with Crippen molar-refractivity contribution in [1.29, 1.82) is 0 Å². The predicted molar refractivity (Wildman–Crippen MR) is 109 cm³/mol. The molecule has 0 aromatic carbocycles. The minimum absolute atomic E-state index is 0.157.